The van der Waals surface area contributed by atoms with E-state index in [9.17, 15) is 4.79 Å². The summed E-state index contributed by atoms with van der Waals surface area (Å²) in [5.41, 5.74) is 1.02. The first-order valence-corrected chi connectivity index (χ1v) is 11.1. The van der Waals surface area contributed by atoms with Crippen molar-refractivity contribution in [3.05, 3.63) is 18.0 Å². The number of hydrogen-bond donors (Lipinski definition) is 0. The van der Waals surface area contributed by atoms with E-state index in [1.54, 1.807) is 0 Å². The summed E-state index contributed by atoms with van der Waals surface area (Å²) >= 11 is 0. The molecule has 0 aromatic carbocycles. The standard InChI is InChI=1S/C22H35N5O/c1-16(2)26-14-19-9-10-20(15-26)27(19)22-23-11-17(12-24-22)13-25(3)21(28)18-7-5-4-6-8-18/h11-12,16,18-20H,4-10,13-15H2,1-3H3. The molecule has 2 aliphatic heterocycles. The third kappa shape index (κ3) is 4.02. The first-order valence-electron chi connectivity index (χ1n) is 11.1. The average molecular weight is 386 g/mol. The monoisotopic (exact) mass is 385 g/mol. The van der Waals surface area contributed by atoms with Gasteiger partial charge in [0.2, 0.25) is 11.9 Å². The zero-order valence-corrected chi connectivity index (χ0v) is 17.7. The van der Waals surface area contributed by atoms with Gasteiger partial charge in [0.15, 0.2) is 0 Å². The van der Waals surface area contributed by atoms with Crippen LogP contribution < -0.4 is 4.90 Å². The molecular weight excluding hydrogens is 350 g/mol. The molecule has 1 aliphatic carbocycles. The van der Waals surface area contributed by atoms with Crippen LogP contribution >= 0.6 is 0 Å². The highest BCUT2D eigenvalue weighted by atomic mass is 16.2. The van der Waals surface area contributed by atoms with Gasteiger partial charge in [0.25, 0.3) is 0 Å². The number of piperazine rings is 1. The van der Waals surface area contributed by atoms with Crippen LogP contribution in [0.2, 0.25) is 0 Å². The summed E-state index contributed by atoms with van der Waals surface area (Å²) in [7, 11) is 1.91. The molecule has 0 radical (unpaired) electrons. The van der Waals surface area contributed by atoms with Gasteiger partial charge in [0.1, 0.15) is 0 Å². The molecule has 154 valence electrons. The Morgan fingerprint density at radius 1 is 1.07 bits per heavy atom. The van der Waals surface area contributed by atoms with Gasteiger partial charge in [-0.05, 0) is 39.5 Å². The van der Waals surface area contributed by atoms with Crippen molar-refractivity contribution in [2.45, 2.75) is 83.5 Å². The summed E-state index contributed by atoms with van der Waals surface area (Å²) < 4.78 is 0. The SMILES string of the molecule is CC(C)N1CC2CCC(C1)N2c1ncc(CN(C)C(=O)C2CCCCC2)cn1. The van der Waals surface area contributed by atoms with E-state index in [1.165, 1.54) is 32.1 Å². The molecule has 1 aromatic heterocycles. The quantitative estimate of drug-likeness (QED) is 0.780. The molecule has 1 amide bonds. The Hall–Kier alpha value is -1.69. The van der Waals surface area contributed by atoms with Crippen molar-refractivity contribution in [3.8, 4) is 0 Å². The highest BCUT2D eigenvalue weighted by Crippen LogP contribution is 2.33. The molecule has 2 unspecified atom stereocenters. The lowest BCUT2D eigenvalue weighted by Crippen LogP contribution is -2.56. The van der Waals surface area contributed by atoms with E-state index in [0.29, 0.717) is 24.7 Å². The Morgan fingerprint density at radius 3 is 2.25 bits per heavy atom. The Bertz CT molecular complexity index is 656. The van der Waals surface area contributed by atoms with Gasteiger partial charge in [-0.25, -0.2) is 9.97 Å². The number of likely N-dealkylation sites (tertiary alicyclic amines) is 1. The normalized spacial score (nSPS) is 26.1. The molecule has 3 fully saturated rings. The molecule has 3 aliphatic rings. The smallest absolute Gasteiger partial charge is 0.225 e. The van der Waals surface area contributed by atoms with Crippen LogP contribution in [-0.2, 0) is 11.3 Å². The van der Waals surface area contributed by atoms with E-state index in [1.807, 2.05) is 24.3 Å². The Labute approximate surface area is 169 Å². The fraction of sp³-hybridized carbons (Fsp3) is 0.773. The number of rotatable bonds is 5. The summed E-state index contributed by atoms with van der Waals surface area (Å²) in [6, 6.07) is 1.66. The van der Waals surface area contributed by atoms with Crippen molar-refractivity contribution in [3.63, 3.8) is 0 Å². The number of aromatic nitrogens is 2. The van der Waals surface area contributed by atoms with E-state index < -0.39 is 0 Å². The number of anilines is 1. The molecule has 28 heavy (non-hydrogen) atoms. The van der Waals surface area contributed by atoms with Crippen molar-refractivity contribution < 1.29 is 4.79 Å². The second-order valence-electron chi connectivity index (χ2n) is 9.26. The van der Waals surface area contributed by atoms with Crippen molar-refractivity contribution in [2.24, 2.45) is 5.92 Å². The summed E-state index contributed by atoms with van der Waals surface area (Å²) in [6.45, 7) is 7.39. The van der Waals surface area contributed by atoms with E-state index in [2.05, 4.69) is 23.6 Å². The minimum Gasteiger partial charge on any atom is -0.341 e. The first kappa shape index (κ1) is 19.6. The van der Waals surface area contributed by atoms with Crippen molar-refractivity contribution in [1.29, 1.82) is 0 Å². The van der Waals surface area contributed by atoms with Crippen LogP contribution in [0.3, 0.4) is 0 Å². The first-order chi connectivity index (χ1) is 13.5. The average Bonchev–Trinajstić information content (AvgIpc) is 2.97. The van der Waals surface area contributed by atoms with Gasteiger partial charge in [0.05, 0.1) is 0 Å². The Balaban J connectivity index is 1.37. The predicted molar refractivity (Wildman–Crippen MR) is 111 cm³/mol. The maximum Gasteiger partial charge on any atom is 0.225 e. The second kappa shape index (κ2) is 8.36. The number of hydrogen-bond acceptors (Lipinski definition) is 5. The van der Waals surface area contributed by atoms with Crippen LogP contribution in [0.1, 0.15) is 64.4 Å². The molecule has 0 N–H and O–H groups in total. The van der Waals surface area contributed by atoms with Gasteiger partial charge in [0, 0.05) is 68.7 Å². The Kier molecular flexibility index (Phi) is 5.85. The van der Waals surface area contributed by atoms with Gasteiger partial charge in [-0.2, -0.15) is 0 Å². The van der Waals surface area contributed by atoms with Crippen molar-refractivity contribution >= 4 is 11.9 Å². The molecule has 2 atom stereocenters. The summed E-state index contributed by atoms with van der Waals surface area (Å²) in [5.74, 6) is 1.36. The highest BCUT2D eigenvalue weighted by Gasteiger charge is 2.41. The van der Waals surface area contributed by atoms with Gasteiger partial charge < -0.3 is 9.80 Å². The molecule has 0 spiro atoms. The summed E-state index contributed by atoms with van der Waals surface area (Å²) in [4.78, 5) is 28.9. The van der Waals surface area contributed by atoms with Crippen molar-refractivity contribution in [2.75, 3.05) is 25.0 Å². The van der Waals surface area contributed by atoms with Gasteiger partial charge in [-0.15, -0.1) is 0 Å². The predicted octanol–water partition coefficient (Wildman–Crippen LogP) is 3.08. The maximum atomic E-state index is 12.7. The van der Waals surface area contributed by atoms with E-state index in [-0.39, 0.29) is 11.8 Å². The number of nitrogens with zero attached hydrogens (tertiary/aromatic N) is 5. The topological polar surface area (TPSA) is 52.6 Å². The molecule has 3 heterocycles. The number of amides is 1. The fourth-order valence-electron chi connectivity index (χ4n) is 5.26. The molecule has 2 saturated heterocycles. The van der Waals surface area contributed by atoms with E-state index in [4.69, 9.17) is 9.97 Å². The molecule has 1 aromatic rings. The lowest BCUT2D eigenvalue weighted by Gasteiger charge is -2.42. The number of carbonyl (C=O) groups excluding carboxylic acids is 1. The zero-order chi connectivity index (χ0) is 19.7. The molecule has 1 saturated carbocycles. The van der Waals surface area contributed by atoms with Crippen LogP contribution in [0, 0.1) is 5.92 Å². The lowest BCUT2D eigenvalue weighted by molar-refractivity contribution is -0.135. The van der Waals surface area contributed by atoms with Crippen LogP contribution in [-0.4, -0.2) is 63.9 Å². The number of carbonyl (C=O) groups is 1. The van der Waals surface area contributed by atoms with Crippen LogP contribution in [0.5, 0.6) is 0 Å². The highest BCUT2D eigenvalue weighted by molar-refractivity contribution is 5.78. The van der Waals surface area contributed by atoms with Gasteiger partial charge in [-0.3, -0.25) is 9.69 Å². The number of fused-ring (bicyclic) bond motifs is 2. The molecular formula is C22H35N5O. The minimum atomic E-state index is 0.215. The fourth-order valence-corrected chi connectivity index (χ4v) is 5.26. The van der Waals surface area contributed by atoms with Crippen LogP contribution in [0.25, 0.3) is 0 Å². The van der Waals surface area contributed by atoms with E-state index in [0.717, 1.165) is 37.4 Å². The zero-order valence-electron chi connectivity index (χ0n) is 17.7. The lowest BCUT2D eigenvalue weighted by atomic mass is 9.88. The summed E-state index contributed by atoms with van der Waals surface area (Å²) in [6.07, 6.45) is 12.0. The summed E-state index contributed by atoms with van der Waals surface area (Å²) in [5, 5.41) is 0. The van der Waals surface area contributed by atoms with Gasteiger partial charge >= 0.3 is 0 Å². The van der Waals surface area contributed by atoms with Crippen molar-refractivity contribution in [1.82, 2.24) is 19.8 Å². The third-order valence-corrected chi connectivity index (χ3v) is 6.91. The third-order valence-electron chi connectivity index (χ3n) is 6.91. The molecule has 6 heteroatoms. The maximum absolute atomic E-state index is 12.7. The van der Waals surface area contributed by atoms with E-state index >= 15 is 0 Å². The molecule has 2 bridgehead atoms. The van der Waals surface area contributed by atoms with Gasteiger partial charge in [-0.1, -0.05) is 19.3 Å². The molecule has 4 rings (SSSR count). The minimum absolute atomic E-state index is 0.215. The Morgan fingerprint density at radius 2 is 1.68 bits per heavy atom. The largest absolute Gasteiger partial charge is 0.341 e. The second-order valence-corrected chi connectivity index (χ2v) is 9.26. The molecule has 6 nitrogen and oxygen atoms in total. The van der Waals surface area contributed by atoms with Crippen LogP contribution in [0.4, 0.5) is 5.95 Å². The van der Waals surface area contributed by atoms with Crippen LogP contribution in [0.15, 0.2) is 12.4 Å².